The number of esters is 1. The average molecular weight is 373 g/mol. The number of hydrogen-bond acceptors (Lipinski definition) is 6. The zero-order valence-electron chi connectivity index (χ0n) is 15.9. The monoisotopic (exact) mass is 373 g/mol. The van der Waals surface area contributed by atoms with Gasteiger partial charge >= 0.3 is 5.97 Å². The molecule has 1 aromatic carbocycles. The summed E-state index contributed by atoms with van der Waals surface area (Å²) in [6.07, 6.45) is 0. The molecule has 1 aromatic heterocycles. The van der Waals surface area contributed by atoms with Crippen molar-refractivity contribution < 1.29 is 28.5 Å². The number of nitrogens with zero attached hydrogens (tertiary/aromatic N) is 1. The highest BCUT2D eigenvalue weighted by Crippen LogP contribution is 2.32. The third kappa shape index (κ3) is 3.83. The number of methoxy groups -OCH3 is 1. The van der Waals surface area contributed by atoms with Gasteiger partial charge in [0, 0.05) is 24.1 Å². The van der Waals surface area contributed by atoms with Gasteiger partial charge in [0.2, 0.25) is 12.6 Å². The van der Waals surface area contributed by atoms with Crippen molar-refractivity contribution >= 4 is 11.8 Å². The Hall–Kier alpha value is -2.80. The topological polar surface area (TPSA) is 76.0 Å². The molecule has 2 heterocycles. The average Bonchev–Trinajstić information content (AvgIpc) is 3.22. The lowest BCUT2D eigenvalue weighted by atomic mass is 10.1. The van der Waals surface area contributed by atoms with Crippen LogP contribution in [0.15, 0.2) is 24.3 Å². The van der Waals surface area contributed by atoms with Crippen LogP contribution in [-0.4, -0.2) is 43.4 Å². The maximum absolute atomic E-state index is 12.6. The molecule has 2 aromatic rings. The minimum atomic E-state index is -0.580. The molecule has 1 aliphatic heterocycles. The van der Waals surface area contributed by atoms with Crippen molar-refractivity contribution in [1.29, 1.82) is 0 Å². The van der Waals surface area contributed by atoms with Crippen LogP contribution in [0, 0.1) is 13.8 Å². The van der Waals surface area contributed by atoms with Crippen LogP contribution in [0.2, 0.25) is 0 Å². The van der Waals surface area contributed by atoms with E-state index in [2.05, 4.69) is 4.57 Å². The van der Waals surface area contributed by atoms with Crippen LogP contribution >= 0.6 is 0 Å². The van der Waals surface area contributed by atoms with E-state index in [9.17, 15) is 9.59 Å². The summed E-state index contributed by atoms with van der Waals surface area (Å²) >= 11 is 0. The highest BCUT2D eigenvalue weighted by atomic mass is 16.7. The zero-order valence-corrected chi connectivity index (χ0v) is 15.9. The van der Waals surface area contributed by atoms with Gasteiger partial charge < -0.3 is 23.5 Å². The molecule has 0 bridgehead atoms. The van der Waals surface area contributed by atoms with Crippen LogP contribution in [0.5, 0.6) is 11.5 Å². The van der Waals surface area contributed by atoms with Gasteiger partial charge in [0.25, 0.3) is 0 Å². The summed E-state index contributed by atoms with van der Waals surface area (Å²) in [6, 6.07) is 6.70. The molecule has 0 amide bonds. The summed E-state index contributed by atoms with van der Waals surface area (Å²) in [5, 5.41) is 0. The van der Waals surface area contributed by atoms with Gasteiger partial charge in [-0.2, -0.15) is 0 Å². The Balaban J connectivity index is 1.67. The van der Waals surface area contributed by atoms with E-state index in [1.807, 2.05) is 26.8 Å². The zero-order chi connectivity index (χ0) is 19.6. The van der Waals surface area contributed by atoms with E-state index in [1.165, 1.54) is 0 Å². The van der Waals surface area contributed by atoms with E-state index < -0.39 is 5.97 Å². The van der Waals surface area contributed by atoms with Crippen molar-refractivity contribution in [3.8, 4) is 11.5 Å². The molecule has 0 aliphatic carbocycles. The number of rotatable bonds is 7. The lowest BCUT2D eigenvalue weighted by Gasteiger charge is -2.17. The highest BCUT2D eigenvalue weighted by Gasteiger charge is 2.21. The van der Waals surface area contributed by atoms with E-state index in [-0.39, 0.29) is 25.2 Å². The van der Waals surface area contributed by atoms with Gasteiger partial charge in [-0.05, 0) is 45.0 Å². The molecule has 3 rings (SSSR count). The number of Topliss-reactive ketones (excluding diaryl/α,β-unsaturated/α-hetero) is 1. The Kier molecular flexibility index (Phi) is 5.51. The van der Waals surface area contributed by atoms with E-state index in [4.69, 9.17) is 18.9 Å². The first kappa shape index (κ1) is 19.0. The van der Waals surface area contributed by atoms with Crippen molar-refractivity contribution in [2.45, 2.75) is 26.8 Å². The van der Waals surface area contributed by atoms with Crippen LogP contribution < -0.4 is 9.47 Å². The molecular weight excluding hydrogens is 350 g/mol. The molecule has 0 spiro atoms. The standard InChI is InChI=1S/C20H23NO6/c1-12-7-16(14(3)21(12)13(2)9-24-4)17(22)10-25-20(23)15-5-6-18-19(8-15)27-11-26-18/h5-8,13H,9-11H2,1-4H3. The number of ether oxygens (including phenoxy) is 4. The minimum absolute atomic E-state index is 0.104. The molecule has 1 unspecified atom stereocenters. The van der Waals surface area contributed by atoms with Crippen LogP contribution in [0.3, 0.4) is 0 Å². The predicted octanol–water partition coefficient (Wildman–Crippen LogP) is 3.08. The second-order valence-electron chi connectivity index (χ2n) is 6.53. The van der Waals surface area contributed by atoms with E-state index in [0.29, 0.717) is 29.2 Å². The summed E-state index contributed by atoms with van der Waals surface area (Å²) in [7, 11) is 1.65. The van der Waals surface area contributed by atoms with Gasteiger partial charge in [-0.3, -0.25) is 4.79 Å². The van der Waals surface area contributed by atoms with Crippen LogP contribution in [-0.2, 0) is 9.47 Å². The first-order valence-corrected chi connectivity index (χ1v) is 8.69. The number of aryl methyl sites for hydroxylation is 1. The van der Waals surface area contributed by atoms with Gasteiger partial charge in [0.1, 0.15) is 0 Å². The minimum Gasteiger partial charge on any atom is -0.454 e. The third-order valence-corrected chi connectivity index (χ3v) is 4.58. The molecule has 0 saturated heterocycles. The Labute approximate surface area is 157 Å². The number of fused-ring (bicyclic) bond motifs is 1. The quantitative estimate of drug-likeness (QED) is 0.548. The third-order valence-electron chi connectivity index (χ3n) is 4.58. The summed E-state index contributed by atoms with van der Waals surface area (Å²) in [5.41, 5.74) is 2.66. The molecule has 0 saturated carbocycles. The normalized spacial score (nSPS) is 13.5. The van der Waals surface area contributed by atoms with Crippen molar-refractivity contribution in [3.63, 3.8) is 0 Å². The fraction of sp³-hybridized carbons (Fsp3) is 0.400. The molecule has 7 nitrogen and oxygen atoms in total. The maximum atomic E-state index is 12.6. The van der Waals surface area contributed by atoms with Gasteiger partial charge in [0.05, 0.1) is 18.2 Å². The number of carbonyl (C=O) groups is 2. The molecule has 0 N–H and O–H groups in total. The Morgan fingerprint density at radius 3 is 2.67 bits per heavy atom. The van der Waals surface area contributed by atoms with E-state index in [1.54, 1.807) is 25.3 Å². The largest absolute Gasteiger partial charge is 0.454 e. The Morgan fingerprint density at radius 2 is 1.93 bits per heavy atom. The summed E-state index contributed by atoms with van der Waals surface area (Å²) in [6.45, 7) is 6.20. The first-order chi connectivity index (χ1) is 12.9. The smallest absolute Gasteiger partial charge is 0.338 e. The summed E-state index contributed by atoms with van der Waals surface area (Å²) in [5.74, 6) is 0.253. The van der Waals surface area contributed by atoms with Crippen molar-refractivity contribution in [2.24, 2.45) is 0 Å². The van der Waals surface area contributed by atoms with E-state index in [0.717, 1.165) is 11.4 Å². The number of carbonyl (C=O) groups excluding carboxylic acids is 2. The van der Waals surface area contributed by atoms with Gasteiger partial charge in [-0.1, -0.05) is 0 Å². The molecule has 1 aliphatic rings. The molecule has 144 valence electrons. The predicted molar refractivity (Wildman–Crippen MR) is 97.7 cm³/mol. The van der Waals surface area contributed by atoms with E-state index >= 15 is 0 Å². The van der Waals surface area contributed by atoms with Crippen LogP contribution in [0.1, 0.15) is 45.1 Å². The van der Waals surface area contributed by atoms with Crippen molar-refractivity contribution in [2.75, 3.05) is 27.1 Å². The second kappa shape index (κ2) is 7.84. The molecule has 0 radical (unpaired) electrons. The van der Waals surface area contributed by atoms with Gasteiger partial charge in [-0.15, -0.1) is 0 Å². The number of ketones is 1. The fourth-order valence-electron chi connectivity index (χ4n) is 3.37. The molecular formula is C20H23NO6. The number of hydrogen-bond donors (Lipinski definition) is 0. The van der Waals surface area contributed by atoms with Crippen molar-refractivity contribution in [3.05, 3.63) is 46.8 Å². The van der Waals surface area contributed by atoms with Crippen LogP contribution in [0.4, 0.5) is 0 Å². The van der Waals surface area contributed by atoms with Gasteiger partial charge in [0.15, 0.2) is 18.1 Å². The number of benzene rings is 1. The van der Waals surface area contributed by atoms with Crippen molar-refractivity contribution in [1.82, 2.24) is 4.57 Å². The molecule has 7 heteroatoms. The highest BCUT2D eigenvalue weighted by molar-refractivity contribution is 6.00. The number of aromatic nitrogens is 1. The second-order valence-corrected chi connectivity index (χ2v) is 6.53. The maximum Gasteiger partial charge on any atom is 0.338 e. The lowest BCUT2D eigenvalue weighted by Crippen LogP contribution is -2.17. The molecule has 0 fully saturated rings. The Bertz CT molecular complexity index is 870. The Morgan fingerprint density at radius 1 is 1.19 bits per heavy atom. The van der Waals surface area contributed by atoms with Gasteiger partial charge in [-0.25, -0.2) is 4.79 Å². The van der Waals surface area contributed by atoms with Crippen LogP contribution in [0.25, 0.3) is 0 Å². The molecule has 1 atom stereocenters. The fourth-order valence-corrected chi connectivity index (χ4v) is 3.37. The lowest BCUT2D eigenvalue weighted by molar-refractivity contribution is 0.0474. The SMILES string of the molecule is COCC(C)n1c(C)cc(C(=O)COC(=O)c2ccc3c(c2)OCO3)c1C. The first-order valence-electron chi connectivity index (χ1n) is 8.69. The summed E-state index contributed by atoms with van der Waals surface area (Å²) in [4.78, 5) is 24.8. The molecule has 27 heavy (non-hydrogen) atoms. The summed E-state index contributed by atoms with van der Waals surface area (Å²) < 4.78 is 22.9.